The molecular formula is C10H19NO5S. The highest BCUT2D eigenvalue weighted by Gasteiger charge is 2.11. The first-order valence-corrected chi connectivity index (χ1v) is 7.23. The van der Waals surface area contributed by atoms with Gasteiger partial charge in [0, 0.05) is 12.8 Å². The van der Waals surface area contributed by atoms with E-state index in [0.717, 1.165) is 6.42 Å². The van der Waals surface area contributed by atoms with Gasteiger partial charge in [0.15, 0.2) is 0 Å². The van der Waals surface area contributed by atoms with Crippen molar-refractivity contribution in [3.8, 4) is 0 Å². The molecule has 0 unspecified atom stereocenters. The Balaban J connectivity index is 3.79. The minimum atomic E-state index is -3.37. The summed E-state index contributed by atoms with van der Waals surface area (Å²) in [4.78, 5) is 21.4. The van der Waals surface area contributed by atoms with Gasteiger partial charge in [-0.05, 0) is 12.8 Å². The molecule has 0 amide bonds. The van der Waals surface area contributed by atoms with Crippen molar-refractivity contribution in [3.63, 3.8) is 0 Å². The van der Waals surface area contributed by atoms with Crippen LogP contribution in [0.4, 0.5) is 0 Å². The second kappa shape index (κ2) is 8.19. The molecule has 17 heavy (non-hydrogen) atoms. The Bertz CT molecular complexity index is 350. The molecule has 0 atom stereocenters. The van der Waals surface area contributed by atoms with Crippen LogP contribution in [0.25, 0.3) is 0 Å². The molecule has 0 bridgehead atoms. The first-order valence-electron chi connectivity index (χ1n) is 5.58. The van der Waals surface area contributed by atoms with Gasteiger partial charge in [-0.1, -0.05) is 13.3 Å². The van der Waals surface area contributed by atoms with Gasteiger partial charge in [0.25, 0.3) is 0 Å². The number of unbranched alkanes of at least 4 members (excludes halogenated alkanes) is 1. The summed E-state index contributed by atoms with van der Waals surface area (Å²) < 4.78 is 24.8. The largest absolute Gasteiger partial charge is 0.481 e. The van der Waals surface area contributed by atoms with Gasteiger partial charge in [-0.15, -0.1) is 0 Å². The molecule has 0 aliphatic rings. The van der Waals surface area contributed by atoms with E-state index in [4.69, 9.17) is 5.11 Å². The predicted octanol–water partition coefficient (Wildman–Crippen LogP) is 0.530. The minimum absolute atomic E-state index is 0.0197. The van der Waals surface area contributed by atoms with Gasteiger partial charge in [-0.2, -0.15) is 0 Å². The first-order chi connectivity index (χ1) is 7.87. The number of carbonyl (C=O) groups excluding carboxylic acids is 1. The Hall–Kier alpha value is -0.950. The van der Waals surface area contributed by atoms with Crippen LogP contribution in [0.2, 0.25) is 0 Å². The first kappa shape index (κ1) is 16.1. The quantitative estimate of drug-likeness (QED) is 0.600. The highest BCUT2D eigenvalue weighted by atomic mass is 32.2. The van der Waals surface area contributed by atoms with Gasteiger partial charge in [0.1, 0.15) is 5.78 Å². The topological polar surface area (TPSA) is 101 Å². The fraction of sp³-hybridized carbons (Fsp3) is 0.800. The van der Waals surface area contributed by atoms with Crippen LogP contribution in [-0.4, -0.2) is 37.6 Å². The molecule has 0 aromatic heterocycles. The maximum atomic E-state index is 11.3. The van der Waals surface area contributed by atoms with E-state index in [9.17, 15) is 18.0 Å². The van der Waals surface area contributed by atoms with Crippen molar-refractivity contribution in [2.45, 2.75) is 39.0 Å². The van der Waals surface area contributed by atoms with Crippen molar-refractivity contribution in [2.24, 2.45) is 0 Å². The van der Waals surface area contributed by atoms with E-state index in [1.165, 1.54) is 0 Å². The Morgan fingerprint density at radius 3 is 2.35 bits per heavy atom. The number of ketones is 1. The van der Waals surface area contributed by atoms with Crippen LogP contribution in [0.1, 0.15) is 39.0 Å². The van der Waals surface area contributed by atoms with Gasteiger partial charge >= 0.3 is 5.97 Å². The average Bonchev–Trinajstić information content (AvgIpc) is 2.23. The molecule has 0 fully saturated rings. The van der Waals surface area contributed by atoms with Gasteiger partial charge in [-0.3, -0.25) is 9.59 Å². The average molecular weight is 265 g/mol. The van der Waals surface area contributed by atoms with Crippen molar-refractivity contribution in [1.82, 2.24) is 4.72 Å². The summed E-state index contributed by atoms with van der Waals surface area (Å²) in [5.41, 5.74) is 0. The number of sulfonamides is 1. The molecule has 100 valence electrons. The SMILES string of the molecule is CCCCS(=O)(=O)NCC(=O)CCCC(=O)O. The van der Waals surface area contributed by atoms with E-state index in [1.807, 2.05) is 6.92 Å². The van der Waals surface area contributed by atoms with Crippen LogP contribution in [0.3, 0.4) is 0 Å². The van der Waals surface area contributed by atoms with Crippen LogP contribution in [0.15, 0.2) is 0 Å². The van der Waals surface area contributed by atoms with E-state index in [2.05, 4.69) is 4.72 Å². The summed E-state index contributed by atoms with van der Waals surface area (Å²) >= 11 is 0. The van der Waals surface area contributed by atoms with Crippen LogP contribution in [-0.2, 0) is 19.6 Å². The molecule has 0 saturated heterocycles. The Kier molecular flexibility index (Phi) is 7.73. The fourth-order valence-electron chi connectivity index (χ4n) is 1.12. The smallest absolute Gasteiger partial charge is 0.303 e. The zero-order chi connectivity index (χ0) is 13.3. The van der Waals surface area contributed by atoms with E-state index in [1.54, 1.807) is 0 Å². The lowest BCUT2D eigenvalue weighted by atomic mass is 10.2. The van der Waals surface area contributed by atoms with Gasteiger partial charge < -0.3 is 5.11 Å². The summed E-state index contributed by atoms with van der Waals surface area (Å²) in [7, 11) is -3.37. The number of carbonyl (C=O) groups is 2. The van der Waals surface area contributed by atoms with Crippen molar-refractivity contribution in [1.29, 1.82) is 0 Å². The zero-order valence-corrected chi connectivity index (χ0v) is 10.8. The molecule has 0 aromatic carbocycles. The Labute approximate surface area is 101 Å². The van der Waals surface area contributed by atoms with E-state index in [-0.39, 0.29) is 37.3 Å². The monoisotopic (exact) mass is 265 g/mol. The molecule has 0 spiro atoms. The van der Waals surface area contributed by atoms with Crippen LogP contribution in [0.5, 0.6) is 0 Å². The predicted molar refractivity (Wildman–Crippen MR) is 63.2 cm³/mol. The summed E-state index contributed by atoms with van der Waals surface area (Å²) in [6, 6.07) is 0. The third-order valence-corrected chi connectivity index (χ3v) is 3.51. The number of aliphatic carboxylic acids is 1. The lowest BCUT2D eigenvalue weighted by molar-refractivity contribution is -0.137. The van der Waals surface area contributed by atoms with Crippen LogP contribution in [0, 0.1) is 0 Å². The van der Waals surface area contributed by atoms with Crippen molar-refractivity contribution in [3.05, 3.63) is 0 Å². The number of Topliss-reactive ketones (excluding diaryl/α,β-unsaturated/α-hetero) is 1. The normalized spacial score (nSPS) is 11.4. The summed E-state index contributed by atoms with van der Waals surface area (Å²) in [6.45, 7) is 1.64. The molecule has 7 heteroatoms. The van der Waals surface area contributed by atoms with Crippen LogP contribution >= 0.6 is 0 Å². The molecule has 0 rings (SSSR count). The third kappa shape index (κ3) is 9.95. The summed E-state index contributed by atoms with van der Waals surface area (Å²) in [6.07, 6.45) is 1.58. The molecular weight excluding hydrogens is 246 g/mol. The standard InChI is InChI=1S/C10H19NO5S/c1-2-3-7-17(15,16)11-8-9(12)5-4-6-10(13)14/h11H,2-8H2,1H3,(H,13,14). The second-order valence-electron chi connectivity index (χ2n) is 3.78. The number of carboxylic acid groups (broad SMARTS) is 1. The minimum Gasteiger partial charge on any atom is -0.481 e. The number of carboxylic acids is 1. The van der Waals surface area contributed by atoms with Crippen molar-refractivity contribution >= 4 is 21.8 Å². The molecule has 0 aliphatic heterocycles. The lowest BCUT2D eigenvalue weighted by Gasteiger charge is -2.04. The molecule has 0 aliphatic carbocycles. The van der Waals surface area contributed by atoms with Crippen molar-refractivity contribution < 1.29 is 23.1 Å². The van der Waals surface area contributed by atoms with E-state index < -0.39 is 16.0 Å². The second-order valence-corrected chi connectivity index (χ2v) is 5.71. The molecule has 0 aromatic rings. The molecule has 0 saturated carbocycles. The van der Waals surface area contributed by atoms with Gasteiger partial charge in [0.2, 0.25) is 10.0 Å². The maximum absolute atomic E-state index is 11.3. The fourth-order valence-corrected chi connectivity index (χ4v) is 2.32. The highest BCUT2D eigenvalue weighted by molar-refractivity contribution is 7.89. The maximum Gasteiger partial charge on any atom is 0.303 e. The van der Waals surface area contributed by atoms with E-state index in [0.29, 0.717) is 6.42 Å². The summed E-state index contributed by atoms with van der Waals surface area (Å²) in [5.74, 6) is -1.22. The highest BCUT2D eigenvalue weighted by Crippen LogP contribution is 1.97. The number of nitrogens with one attached hydrogen (secondary N) is 1. The van der Waals surface area contributed by atoms with Crippen LogP contribution < -0.4 is 4.72 Å². The molecule has 6 nitrogen and oxygen atoms in total. The number of rotatable bonds is 10. The molecule has 2 N–H and O–H groups in total. The number of hydrogen-bond donors (Lipinski definition) is 2. The lowest BCUT2D eigenvalue weighted by Crippen LogP contribution is -2.31. The Morgan fingerprint density at radius 1 is 1.18 bits per heavy atom. The van der Waals surface area contributed by atoms with Gasteiger partial charge in [0.05, 0.1) is 12.3 Å². The summed E-state index contributed by atoms with van der Waals surface area (Å²) in [5, 5.41) is 8.36. The Morgan fingerprint density at radius 2 is 1.82 bits per heavy atom. The molecule has 0 radical (unpaired) electrons. The third-order valence-electron chi connectivity index (χ3n) is 2.10. The van der Waals surface area contributed by atoms with Gasteiger partial charge in [-0.25, -0.2) is 13.1 Å². The molecule has 0 heterocycles. The number of hydrogen-bond acceptors (Lipinski definition) is 4. The van der Waals surface area contributed by atoms with E-state index >= 15 is 0 Å². The zero-order valence-electron chi connectivity index (χ0n) is 9.94. The van der Waals surface area contributed by atoms with Crippen molar-refractivity contribution in [2.75, 3.05) is 12.3 Å².